The van der Waals surface area contributed by atoms with Crippen LogP contribution in [0.3, 0.4) is 0 Å². The molecule has 8 rings (SSSR count). The summed E-state index contributed by atoms with van der Waals surface area (Å²) in [6.07, 6.45) is 3.85. The van der Waals surface area contributed by atoms with E-state index in [0.29, 0.717) is 0 Å². The molecule has 0 N–H and O–H groups in total. The predicted molar refractivity (Wildman–Crippen MR) is 202 cm³/mol. The van der Waals surface area contributed by atoms with Crippen molar-refractivity contribution in [2.75, 3.05) is 4.90 Å². The Morgan fingerprint density at radius 3 is 1.96 bits per heavy atom. The SMILES string of the molecule is Cn1ccnc1-c1cccc(N2c3ccccc3C(C)(C)c3ccc(-n4nc(C(C)(C)C)c(-c5ccccc5)c4-c4ccccc4)cc32)c1. The van der Waals surface area contributed by atoms with Crippen LogP contribution in [-0.4, -0.2) is 19.3 Å². The van der Waals surface area contributed by atoms with Crippen LogP contribution in [0.25, 0.3) is 39.5 Å². The molecular weight excluding hydrogens is 599 g/mol. The van der Waals surface area contributed by atoms with Gasteiger partial charge in [0.15, 0.2) is 0 Å². The molecule has 3 heterocycles. The van der Waals surface area contributed by atoms with E-state index in [4.69, 9.17) is 5.10 Å². The number of para-hydroxylation sites is 1. The van der Waals surface area contributed by atoms with Crippen molar-refractivity contribution in [3.63, 3.8) is 0 Å². The number of nitrogens with zero attached hydrogens (tertiary/aromatic N) is 5. The van der Waals surface area contributed by atoms with Gasteiger partial charge in [0.1, 0.15) is 5.82 Å². The summed E-state index contributed by atoms with van der Waals surface area (Å²) >= 11 is 0. The summed E-state index contributed by atoms with van der Waals surface area (Å²) in [5.41, 5.74) is 13.3. The lowest BCUT2D eigenvalue weighted by atomic mass is 9.73. The minimum absolute atomic E-state index is 0.188. The minimum atomic E-state index is -0.212. The molecule has 49 heavy (non-hydrogen) atoms. The Morgan fingerprint density at radius 1 is 0.612 bits per heavy atom. The maximum atomic E-state index is 5.48. The van der Waals surface area contributed by atoms with E-state index in [2.05, 4.69) is 181 Å². The van der Waals surface area contributed by atoms with Gasteiger partial charge in [-0.25, -0.2) is 9.67 Å². The van der Waals surface area contributed by atoms with Crippen LogP contribution in [0.5, 0.6) is 0 Å². The molecule has 0 radical (unpaired) electrons. The molecule has 7 aromatic rings. The first kappa shape index (κ1) is 30.6. The molecule has 2 aromatic heterocycles. The summed E-state index contributed by atoms with van der Waals surface area (Å²) in [7, 11) is 2.04. The van der Waals surface area contributed by atoms with Crippen molar-refractivity contribution in [1.82, 2.24) is 19.3 Å². The molecule has 0 bridgehead atoms. The van der Waals surface area contributed by atoms with Gasteiger partial charge in [0.2, 0.25) is 0 Å². The van der Waals surface area contributed by atoms with E-state index in [1.165, 1.54) is 27.9 Å². The van der Waals surface area contributed by atoms with Crippen LogP contribution in [-0.2, 0) is 17.9 Å². The topological polar surface area (TPSA) is 38.9 Å². The lowest BCUT2D eigenvalue weighted by Crippen LogP contribution is -2.30. The molecule has 0 spiro atoms. The van der Waals surface area contributed by atoms with Gasteiger partial charge >= 0.3 is 0 Å². The molecule has 0 amide bonds. The average Bonchev–Trinajstić information content (AvgIpc) is 3.74. The van der Waals surface area contributed by atoms with Crippen LogP contribution in [0.1, 0.15) is 51.4 Å². The minimum Gasteiger partial charge on any atom is -0.334 e. The monoisotopic (exact) mass is 639 g/mol. The number of rotatable bonds is 5. The first-order valence-electron chi connectivity index (χ1n) is 17.0. The number of hydrogen-bond acceptors (Lipinski definition) is 3. The molecular formula is C44H41N5. The second-order valence-corrected chi connectivity index (χ2v) is 14.6. The Morgan fingerprint density at radius 2 is 1.27 bits per heavy atom. The van der Waals surface area contributed by atoms with Gasteiger partial charge < -0.3 is 9.47 Å². The first-order chi connectivity index (χ1) is 23.6. The number of imidazole rings is 1. The highest BCUT2D eigenvalue weighted by Crippen LogP contribution is 2.53. The fourth-order valence-corrected chi connectivity index (χ4v) is 7.41. The molecule has 1 aliphatic heterocycles. The van der Waals surface area contributed by atoms with Crippen LogP contribution in [0.15, 0.2) is 140 Å². The predicted octanol–water partition coefficient (Wildman–Crippen LogP) is 11.0. The molecule has 0 saturated heterocycles. The fraction of sp³-hybridized carbons (Fsp3) is 0.182. The Bertz CT molecular complexity index is 2300. The summed E-state index contributed by atoms with van der Waals surface area (Å²) in [4.78, 5) is 7.08. The van der Waals surface area contributed by atoms with Crippen molar-refractivity contribution in [2.45, 2.75) is 45.4 Å². The molecule has 5 aromatic carbocycles. The standard InChI is InChI=1S/C44H41N5/c1-43(2,3)41-39(30-16-9-7-10-17-30)40(31-18-11-8-12-19-31)49(46-41)34-24-25-36-38(29-34)48(37-23-14-13-22-35(37)44(36,4)5)33-21-15-20-32(28-33)42-45-26-27-47(42)6/h7-29H,1-6H3. The lowest BCUT2D eigenvalue weighted by Gasteiger charge is -2.42. The molecule has 0 fully saturated rings. The first-order valence-corrected chi connectivity index (χ1v) is 17.0. The van der Waals surface area contributed by atoms with Crippen LogP contribution in [0.4, 0.5) is 17.1 Å². The molecule has 0 saturated carbocycles. The number of hydrogen-bond donors (Lipinski definition) is 0. The van der Waals surface area contributed by atoms with Crippen LogP contribution in [0, 0.1) is 0 Å². The third-order valence-corrected chi connectivity index (χ3v) is 9.85. The Balaban J connectivity index is 1.40. The molecule has 5 heteroatoms. The fourth-order valence-electron chi connectivity index (χ4n) is 7.41. The third kappa shape index (κ3) is 5.08. The molecule has 0 unspecified atom stereocenters. The highest BCUT2D eigenvalue weighted by atomic mass is 15.3. The van der Waals surface area contributed by atoms with Gasteiger partial charge in [-0.05, 0) is 47.0 Å². The highest BCUT2D eigenvalue weighted by molar-refractivity contribution is 5.89. The smallest absolute Gasteiger partial charge is 0.139 e. The quantitative estimate of drug-likeness (QED) is 0.188. The zero-order chi connectivity index (χ0) is 33.9. The summed E-state index contributed by atoms with van der Waals surface area (Å²) in [5, 5.41) is 5.48. The van der Waals surface area contributed by atoms with Crippen molar-refractivity contribution < 1.29 is 0 Å². The van der Waals surface area contributed by atoms with Gasteiger partial charge in [0.05, 0.1) is 28.5 Å². The summed E-state index contributed by atoms with van der Waals surface area (Å²) in [6, 6.07) is 45.8. The summed E-state index contributed by atoms with van der Waals surface area (Å²) in [5.74, 6) is 0.939. The third-order valence-electron chi connectivity index (χ3n) is 9.85. The van der Waals surface area contributed by atoms with Gasteiger partial charge in [0, 0.05) is 52.6 Å². The second kappa shape index (κ2) is 11.5. The van der Waals surface area contributed by atoms with E-state index in [0.717, 1.165) is 45.4 Å². The van der Waals surface area contributed by atoms with Crippen molar-refractivity contribution in [1.29, 1.82) is 0 Å². The number of fused-ring (bicyclic) bond motifs is 2. The van der Waals surface area contributed by atoms with E-state index >= 15 is 0 Å². The van der Waals surface area contributed by atoms with Crippen molar-refractivity contribution in [3.8, 4) is 39.5 Å². The molecule has 0 atom stereocenters. The van der Waals surface area contributed by atoms with Crippen molar-refractivity contribution in [2.24, 2.45) is 7.05 Å². The number of benzene rings is 5. The van der Waals surface area contributed by atoms with Gasteiger partial charge in [-0.15, -0.1) is 0 Å². The van der Waals surface area contributed by atoms with E-state index in [1.54, 1.807) is 0 Å². The Labute approximate surface area is 289 Å². The van der Waals surface area contributed by atoms with E-state index in [-0.39, 0.29) is 10.8 Å². The van der Waals surface area contributed by atoms with Gasteiger partial charge in [-0.2, -0.15) is 5.10 Å². The Kier molecular flexibility index (Phi) is 7.18. The van der Waals surface area contributed by atoms with Gasteiger partial charge in [-0.1, -0.05) is 132 Å². The maximum Gasteiger partial charge on any atom is 0.139 e. The van der Waals surface area contributed by atoms with Gasteiger partial charge in [-0.3, -0.25) is 0 Å². The Hall–Kier alpha value is -5.68. The van der Waals surface area contributed by atoms with Gasteiger partial charge in [0.25, 0.3) is 0 Å². The van der Waals surface area contributed by atoms with E-state index in [9.17, 15) is 0 Å². The van der Waals surface area contributed by atoms with E-state index in [1.807, 2.05) is 19.4 Å². The van der Waals surface area contributed by atoms with E-state index < -0.39 is 0 Å². The maximum absolute atomic E-state index is 5.48. The van der Waals surface area contributed by atoms with Crippen LogP contribution in [0.2, 0.25) is 0 Å². The second-order valence-electron chi connectivity index (χ2n) is 14.6. The van der Waals surface area contributed by atoms with Crippen molar-refractivity contribution >= 4 is 17.1 Å². The normalized spacial score (nSPS) is 13.6. The highest BCUT2D eigenvalue weighted by Gasteiger charge is 2.38. The average molecular weight is 640 g/mol. The molecule has 0 aliphatic carbocycles. The summed E-state index contributed by atoms with van der Waals surface area (Å²) in [6.45, 7) is 11.4. The summed E-state index contributed by atoms with van der Waals surface area (Å²) < 4.78 is 4.24. The number of anilines is 3. The molecule has 1 aliphatic rings. The molecule has 5 nitrogen and oxygen atoms in total. The van der Waals surface area contributed by atoms with Crippen molar-refractivity contribution in [3.05, 3.63) is 157 Å². The zero-order valence-corrected chi connectivity index (χ0v) is 29.0. The number of aryl methyl sites for hydroxylation is 1. The lowest BCUT2D eigenvalue weighted by molar-refractivity contribution is 0.561. The van der Waals surface area contributed by atoms with Crippen LogP contribution >= 0.6 is 0 Å². The van der Waals surface area contributed by atoms with Crippen LogP contribution < -0.4 is 4.90 Å². The zero-order valence-electron chi connectivity index (χ0n) is 29.0. The number of aromatic nitrogens is 4. The molecule has 242 valence electrons. The largest absolute Gasteiger partial charge is 0.334 e.